The number of halogens is 1. The number of anilines is 1. The summed E-state index contributed by atoms with van der Waals surface area (Å²) in [6, 6.07) is 7.52. The zero-order valence-corrected chi connectivity index (χ0v) is 11.8. The maximum absolute atomic E-state index is 11.1. The smallest absolute Gasteiger partial charge is 0.305 e. The van der Waals surface area contributed by atoms with Crippen LogP contribution in [0, 0.1) is 11.3 Å². The van der Waals surface area contributed by atoms with Gasteiger partial charge >= 0.3 is 5.97 Å². The second-order valence-electron chi connectivity index (χ2n) is 3.64. The van der Waals surface area contributed by atoms with Crippen molar-refractivity contribution in [3.05, 3.63) is 28.2 Å². The summed E-state index contributed by atoms with van der Waals surface area (Å²) in [5, 5.41) is 12.0. The normalized spacial score (nSPS) is 9.61. The van der Waals surface area contributed by atoms with Gasteiger partial charge in [0.25, 0.3) is 0 Å². The fourth-order valence-corrected chi connectivity index (χ4v) is 1.88. The van der Waals surface area contributed by atoms with E-state index < -0.39 is 0 Å². The second-order valence-corrected chi connectivity index (χ2v) is 4.50. The Bertz CT molecular complexity index is 455. The van der Waals surface area contributed by atoms with E-state index in [9.17, 15) is 4.79 Å². The number of nitrogens with zero attached hydrogens (tertiary/aromatic N) is 1. The van der Waals surface area contributed by atoms with Crippen molar-refractivity contribution in [1.82, 2.24) is 0 Å². The first-order valence-corrected chi connectivity index (χ1v) is 6.55. The number of esters is 1. The summed E-state index contributed by atoms with van der Waals surface area (Å²) < 4.78 is 5.60. The van der Waals surface area contributed by atoms with Gasteiger partial charge in [-0.1, -0.05) is 0 Å². The fraction of sp³-hybridized carbons (Fsp3) is 0.385. The van der Waals surface area contributed by atoms with Crippen molar-refractivity contribution in [3.63, 3.8) is 0 Å². The van der Waals surface area contributed by atoms with Gasteiger partial charge in [-0.3, -0.25) is 4.79 Å². The maximum atomic E-state index is 11.1. The minimum Gasteiger partial charge on any atom is -0.466 e. The molecule has 0 bridgehead atoms. The Morgan fingerprint density at radius 2 is 2.33 bits per heavy atom. The van der Waals surface area contributed by atoms with Gasteiger partial charge in [-0.15, -0.1) is 0 Å². The lowest BCUT2D eigenvalue weighted by Gasteiger charge is -2.07. The van der Waals surface area contributed by atoms with Gasteiger partial charge in [-0.05, 0) is 47.5 Å². The van der Waals surface area contributed by atoms with E-state index in [4.69, 9.17) is 10.00 Å². The number of carbonyl (C=O) groups is 1. The third-order valence-electron chi connectivity index (χ3n) is 2.28. The number of ether oxygens (including phenoxy) is 1. The summed E-state index contributed by atoms with van der Waals surface area (Å²) >= 11 is 3.32. The van der Waals surface area contributed by atoms with Crippen LogP contribution in [0.15, 0.2) is 22.7 Å². The van der Waals surface area contributed by atoms with E-state index in [-0.39, 0.29) is 5.97 Å². The molecule has 0 amide bonds. The lowest BCUT2D eigenvalue weighted by molar-refractivity contribution is -0.143. The second kappa shape index (κ2) is 7.72. The molecule has 18 heavy (non-hydrogen) atoms. The molecule has 4 nitrogen and oxygen atoms in total. The molecule has 0 unspecified atom stereocenters. The van der Waals surface area contributed by atoms with Crippen molar-refractivity contribution in [2.24, 2.45) is 0 Å². The quantitative estimate of drug-likeness (QED) is 0.648. The van der Waals surface area contributed by atoms with Crippen LogP contribution in [-0.4, -0.2) is 19.1 Å². The summed E-state index contributed by atoms with van der Waals surface area (Å²) in [4.78, 5) is 11.1. The van der Waals surface area contributed by atoms with Crippen LogP contribution in [0.5, 0.6) is 0 Å². The molecule has 1 aromatic carbocycles. The van der Waals surface area contributed by atoms with Crippen LogP contribution in [-0.2, 0) is 9.53 Å². The molecule has 0 spiro atoms. The largest absolute Gasteiger partial charge is 0.466 e. The Morgan fingerprint density at radius 3 is 2.94 bits per heavy atom. The van der Waals surface area contributed by atoms with Gasteiger partial charge in [0.1, 0.15) is 6.07 Å². The van der Waals surface area contributed by atoms with E-state index in [2.05, 4.69) is 27.3 Å². The summed E-state index contributed by atoms with van der Waals surface area (Å²) in [6.07, 6.45) is 1.13. The summed E-state index contributed by atoms with van der Waals surface area (Å²) in [7, 11) is 0. The molecule has 0 atom stereocenters. The van der Waals surface area contributed by atoms with Crippen LogP contribution in [0.1, 0.15) is 25.3 Å². The van der Waals surface area contributed by atoms with Gasteiger partial charge in [-0.2, -0.15) is 5.26 Å². The van der Waals surface area contributed by atoms with Gasteiger partial charge in [0, 0.05) is 23.1 Å². The number of nitriles is 1. The Morgan fingerprint density at radius 1 is 1.56 bits per heavy atom. The van der Waals surface area contributed by atoms with Gasteiger partial charge < -0.3 is 10.1 Å². The number of rotatable bonds is 6. The molecule has 5 heteroatoms. The maximum Gasteiger partial charge on any atom is 0.305 e. The molecule has 0 fully saturated rings. The summed E-state index contributed by atoms with van der Waals surface area (Å²) in [5.41, 5.74) is 1.52. The van der Waals surface area contributed by atoms with Crippen molar-refractivity contribution in [1.29, 1.82) is 5.26 Å². The number of benzene rings is 1. The van der Waals surface area contributed by atoms with E-state index in [1.54, 1.807) is 13.0 Å². The summed E-state index contributed by atoms with van der Waals surface area (Å²) in [5.74, 6) is -0.166. The highest BCUT2D eigenvalue weighted by Crippen LogP contribution is 2.20. The minimum absolute atomic E-state index is 0.166. The molecule has 0 aromatic heterocycles. The van der Waals surface area contributed by atoms with Crippen LogP contribution in [0.4, 0.5) is 5.69 Å². The molecule has 0 aliphatic carbocycles. The summed E-state index contributed by atoms with van der Waals surface area (Å²) in [6.45, 7) is 2.91. The molecule has 0 saturated carbocycles. The van der Waals surface area contributed by atoms with Crippen molar-refractivity contribution < 1.29 is 9.53 Å². The highest BCUT2D eigenvalue weighted by Gasteiger charge is 2.02. The molecule has 0 radical (unpaired) electrons. The van der Waals surface area contributed by atoms with Crippen LogP contribution in [0.25, 0.3) is 0 Å². The highest BCUT2D eigenvalue weighted by molar-refractivity contribution is 9.10. The van der Waals surface area contributed by atoms with E-state index in [1.807, 2.05) is 12.1 Å². The highest BCUT2D eigenvalue weighted by atomic mass is 79.9. The fourth-order valence-electron chi connectivity index (χ4n) is 1.41. The van der Waals surface area contributed by atoms with Gasteiger partial charge in [0.05, 0.1) is 12.2 Å². The van der Waals surface area contributed by atoms with Gasteiger partial charge in [0.2, 0.25) is 0 Å². The molecule has 0 aliphatic heterocycles. The molecule has 1 N–H and O–H groups in total. The van der Waals surface area contributed by atoms with Crippen molar-refractivity contribution in [2.45, 2.75) is 19.8 Å². The standard InChI is InChI=1S/C13H15BrN2O2/c1-2-18-13(17)4-3-7-16-11-6-5-10(9-15)12(14)8-11/h5-6,8,16H,2-4,7H2,1H3. The Kier molecular flexibility index (Phi) is 6.23. The molecular weight excluding hydrogens is 296 g/mol. The lowest BCUT2D eigenvalue weighted by Crippen LogP contribution is -2.08. The Labute approximate surface area is 115 Å². The average molecular weight is 311 g/mol. The van der Waals surface area contributed by atoms with Gasteiger partial charge in [-0.25, -0.2) is 0 Å². The van der Waals surface area contributed by atoms with E-state index in [1.165, 1.54) is 0 Å². The van der Waals surface area contributed by atoms with Crippen molar-refractivity contribution in [3.8, 4) is 6.07 Å². The van der Waals surface area contributed by atoms with E-state index in [0.29, 0.717) is 25.1 Å². The number of hydrogen-bond donors (Lipinski definition) is 1. The predicted octanol–water partition coefficient (Wildman–Crippen LogP) is 3.08. The Hall–Kier alpha value is -1.54. The first-order valence-electron chi connectivity index (χ1n) is 5.76. The third-order valence-corrected chi connectivity index (χ3v) is 2.94. The SMILES string of the molecule is CCOC(=O)CCCNc1ccc(C#N)c(Br)c1. The molecule has 1 rings (SSSR count). The molecule has 0 heterocycles. The van der Waals surface area contributed by atoms with Crippen LogP contribution in [0.2, 0.25) is 0 Å². The molecule has 0 saturated heterocycles. The first kappa shape index (κ1) is 14.5. The van der Waals surface area contributed by atoms with E-state index in [0.717, 1.165) is 16.6 Å². The van der Waals surface area contributed by atoms with Crippen molar-refractivity contribution in [2.75, 3.05) is 18.5 Å². The van der Waals surface area contributed by atoms with Gasteiger partial charge in [0.15, 0.2) is 0 Å². The van der Waals surface area contributed by atoms with Crippen molar-refractivity contribution >= 4 is 27.6 Å². The monoisotopic (exact) mass is 310 g/mol. The van der Waals surface area contributed by atoms with E-state index >= 15 is 0 Å². The Balaban J connectivity index is 2.34. The molecule has 96 valence electrons. The predicted molar refractivity (Wildman–Crippen MR) is 73.2 cm³/mol. The zero-order valence-electron chi connectivity index (χ0n) is 10.2. The van der Waals surface area contributed by atoms with Crippen LogP contribution in [0.3, 0.4) is 0 Å². The molecule has 0 aliphatic rings. The number of hydrogen-bond acceptors (Lipinski definition) is 4. The average Bonchev–Trinajstić information content (AvgIpc) is 2.35. The molecule has 1 aromatic rings. The number of nitrogens with one attached hydrogen (secondary N) is 1. The first-order chi connectivity index (χ1) is 8.67. The van der Waals surface area contributed by atoms with Crippen LogP contribution >= 0.6 is 15.9 Å². The lowest BCUT2D eigenvalue weighted by atomic mass is 10.2. The number of carbonyl (C=O) groups excluding carboxylic acids is 1. The molecular formula is C13H15BrN2O2. The van der Waals surface area contributed by atoms with Crippen LogP contribution < -0.4 is 5.32 Å². The minimum atomic E-state index is -0.166. The third kappa shape index (κ3) is 4.76. The topological polar surface area (TPSA) is 62.1 Å². The zero-order chi connectivity index (χ0) is 13.4.